The molecule has 0 N–H and O–H groups in total. The third-order valence-corrected chi connectivity index (χ3v) is 4.00. The molecule has 4 atom stereocenters. The quantitative estimate of drug-likeness (QED) is 0.399. The number of ether oxygens (including phenoxy) is 1. The van der Waals surface area contributed by atoms with Crippen LogP contribution in [0.25, 0.3) is 0 Å². The number of hydrogen-bond donors (Lipinski definition) is 0. The molecule has 0 aromatic rings. The maximum Gasteiger partial charge on any atom is 0.306 e. The van der Waals surface area contributed by atoms with E-state index in [1.54, 1.807) is 0 Å². The summed E-state index contributed by atoms with van der Waals surface area (Å²) in [6.07, 6.45) is 9.21. The number of allylic oxidation sites excluding steroid dienone is 2. The topological polar surface area (TPSA) is 43.4 Å². The standard InChI is InChI=1S/C14H20O3/c1-10-8-13-11(12(10)9-15)6-4-2-3-5-7-14(16)17-13/h2,4,9-13H,3,5-8H2,1H3/b4-2-/t10-,11-,12+,13+/m1/s1. The van der Waals surface area contributed by atoms with E-state index in [0.29, 0.717) is 12.3 Å². The Kier molecular flexibility index (Phi) is 3.97. The molecule has 1 aliphatic carbocycles. The van der Waals surface area contributed by atoms with Gasteiger partial charge in [-0.15, -0.1) is 0 Å². The van der Waals surface area contributed by atoms with E-state index in [1.807, 2.05) is 0 Å². The Bertz CT molecular complexity index is 321. The second kappa shape index (κ2) is 5.48. The summed E-state index contributed by atoms with van der Waals surface area (Å²) in [5.41, 5.74) is 0. The van der Waals surface area contributed by atoms with Gasteiger partial charge < -0.3 is 9.53 Å². The van der Waals surface area contributed by atoms with E-state index in [4.69, 9.17) is 4.74 Å². The summed E-state index contributed by atoms with van der Waals surface area (Å²) >= 11 is 0. The van der Waals surface area contributed by atoms with Gasteiger partial charge >= 0.3 is 5.97 Å². The van der Waals surface area contributed by atoms with Crippen LogP contribution in [0.15, 0.2) is 12.2 Å². The molecule has 94 valence electrons. The first kappa shape index (κ1) is 12.3. The van der Waals surface area contributed by atoms with Gasteiger partial charge in [-0.2, -0.15) is 0 Å². The van der Waals surface area contributed by atoms with Crippen molar-refractivity contribution in [3.63, 3.8) is 0 Å². The smallest absolute Gasteiger partial charge is 0.306 e. The minimum absolute atomic E-state index is 0.0388. The molecule has 1 heterocycles. The highest BCUT2D eigenvalue weighted by molar-refractivity contribution is 5.69. The summed E-state index contributed by atoms with van der Waals surface area (Å²) in [7, 11) is 0. The zero-order chi connectivity index (χ0) is 12.3. The van der Waals surface area contributed by atoms with Crippen LogP contribution in [0, 0.1) is 17.8 Å². The Morgan fingerprint density at radius 3 is 3.00 bits per heavy atom. The second-order valence-corrected chi connectivity index (χ2v) is 5.22. The molecule has 0 unspecified atom stereocenters. The van der Waals surface area contributed by atoms with Crippen molar-refractivity contribution in [1.82, 2.24) is 0 Å². The average Bonchev–Trinajstić information content (AvgIpc) is 2.59. The van der Waals surface area contributed by atoms with Crippen molar-refractivity contribution in [2.24, 2.45) is 17.8 Å². The van der Waals surface area contributed by atoms with Gasteiger partial charge in [-0.05, 0) is 31.6 Å². The lowest BCUT2D eigenvalue weighted by atomic mass is 9.88. The van der Waals surface area contributed by atoms with Crippen LogP contribution in [0.2, 0.25) is 0 Å². The minimum Gasteiger partial charge on any atom is -0.462 e. The highest BCUT2D eigenvalue weighted by Gasteiger charge is 2.42. The number of esters is 1. The van der Waals surface area contributed by atoms with Crippen LogP contribution < -0.4 is 0 Å². The van der Waals surface area contributed by atoms with Gasteiger partial charge in [-0.25, -0.2) is 0 Å². The normalized spacial score (nSPS) is 40.2. The molecule has 0 radical (unpaired) electrons. The summed E-state index contributed by atoms with van der Waals surface area (Å²) < 4.78 is 5.52. The molecule has 0 aromatic heterocycles. The Balaban J connectivity index is 2.14. The van der Waals surface area contributed by atoms with E-state index >= 15 is 0 Å². The molecular weight excluding hydrogens is 216 g/mol. The van der Waals surface area contributed by atoms with E-state index < -0.39 is 0 Å². The molecule has 2 aliphatic rings. The molecule has 2 rings (SSSR count). The van der Waals surface area contributed by atoms with Gasteiger partial charge in [0.2, 0.25) is 0 Å². The van der Waals surface area contributed by atoms with Gasteiger partial charge in [-0.1, -0.05) is 19.1 Å². The minimum atomic E-state index is -0.103. The predicted octanol–water partition coefficient (Wildman–Crippen LogP) is 2.50. The first-order valence-electron chi connectivity index (χ1n) is 6.52. The van der Waals surface area contributed by atoms with Crippen molar-refractivity contribution in [2.45, 2.75) is 45.1 Å². The fourth-order valence-electron chi connectivity index (χ4n) is 3.01. The van der Waals surface area contributed by atoms with Gasteiger partial charge in [-0.3, -0.25) is 4.79 Å². The molecule has 1 aliphatic heterocycles. The van der Waals surface area contributed by atoms with Gasteiger partial charge in [0.15, 0.2) is 0 Å². The summed E-state index contributed by atoms with van der Waals surface area (Å²) in [6, 6.07) is 0. The van der Waals surface area contributed by atoms with E-state index in [9.17, 15) is 9.59 Å². The van der Waals surface area contributed by atoms with Crippen LogP contribution in [0.5, 0.6) is 0 Å². The third-order valence-electron chi connectivity index (χ3n) is 4.00. The lowest BCUT2D eigenvalue weighted by molar-refractivity contribution is -0.151. The fraction of sp³-hybridized carbons (Fsp3) is 0.714. The predicted molar refractivity (Wildman–Crippen MR) is 64.3 cm³/mol. The molecule has 3 heteroatoms. The number of fused-ring (bicyclic) bond motifs is 1. The van der Waals surface area contributed by atoms with E-state index in [-0.39, 0.29) is 23.9 Å². The zero-order valence-corrected chi connectivity index (χ0v) is 10.3. The van der Waals surface area contributed by atoms with Crippen LogP contribution in [0.4, 0.5) is 0 Å². The van der Waals surface area contributed by atoms with Crippen LogP contribution in [-0.4, -0.2) is 18.4 Å². The summed E-state index contributed by atoms with van der Waals surface area (Å²) in [5, 5.41) is 0. The number of carbonyl (C=O) groups excluding carboxylic acids is 2. The Morgan fingerprint density at radius 1 is 1.41 bits per heavy atom. The Hall–Kier alpha value is -1.12. The van der Waals surface area contributed by atoms with Gasteiger partial charge in [0.1, 0.15) is 12.4 Å². The lowest BCUT2D eigenvalue weighted by Crippen LogP contribution is -2.26. The van der Waals surface area contributed by atoms with Crippen molar-refractivity contribution < 1.29 is 14.3 Å². The number of aldehydes is 1. The van der Waals surface area contributed by atoms with Gasteiger partial charge in [0, 0.05) is 18.3 Å². The molecule has 0 spiro atoms. The van der Waals surface area contributed by atoms with Crippen LogP contribution in [-0.2, 0) is 14.3 Å². The van der Waals surface area contributed by atoms with Crippen LogP contribution in [0.1, 0.15) is 39.0 Å². The van der Waals surface area contributed by atoms with Gasteiger partial charge in [0.05, 0.1) is 0 Å². The van der Waals surface area contributed by atoms with Crippen molar-refractivity contribution in [3.05, 3.63) is 12.2 Å². The molecular formula is C14H20O3. The first-order chi connectivity index (χ1) is 8.22. The van der Waals surface area contributed by atoms with Crippen molar-refractivity contribution in [3.8, 4) is 0 Å². The molecule has 1 saturated carbocycles. The highest BCUT2D eigenvalue weighted by Crippen LogP contribution is 2.40. The maximum atomic E-state index is 11.6. The summed E-state index contributed by atoms with van der Waals surface area (Å²) in [6.45, 7) is 2.07. The van der Waals surface area contributed by atoms with Crippen LogP contribution >= 0.6 is 0 Å². The zero-order valence-electron chi connectivity index (χ0n) is 10.3. The van der Waals surface area contributed by atoms with Crippen molar-refractivity contribution in [1.29, 1.82) is 0 Å². The van der Waals surface area contributed by atoms with E-state index in [2.05, 4.69) is 19.1 Å². The largest absolute Gasteiger partial charge is 0.462 e. The maximum absolute atomic E-state index is 11.6. The molecule has 17 heavy (non-hydrogen) atoms. The number of hydrogen-bond acceptors (Lipinski definition) is 3. The molecule has 3 nitrogen and oxygen atoms in total. The molecule has 0 amide bonds. The fourth-order valence-corrected chi connectivity index (χ4v) is 3.01. The number of rotatable bonds is 1. The van der Waals surface area contributed by atoms with Crippen LogP contribution in [0.3, 0.4) is 0 Å². The lowest BCUT2D eigenvalue weighted by Gasteiger charge is -2.22. The molecule has 0 aromatic carbocycles. The molecule has 1 fully saturated rings. The summed E-state index contributed by atoms with van der Waals surface area (Å²) in [4.78, 5) is 22.8. The second-order valence-electron chi connectivity index (χ2n) is 5.22. The van der Waals surface area contributed by atoms with Crippen molar-refractivity contribution >= 4 is 12.3 Å². The third kappa shape index (κ3) is 2.76. The van der Waals surface area contributed by atoms with E-state index in [1.165, 1.54) is 0 Å². The average molecular weight is 236 g/mol. The highest BCUT2D eigenvalue weighted by atomic mass is 16.5. The first-order valence-corrected chi connectivity index (χ1v) is 6.52. The van der Waals surface area contributed by atoms with E-state index in [0.717, 1.165) is 32.0 Å². The van der Waals surface area contributed by atoms with Gasteiger partial charge in [0.25, 0.3) is 0 Å². The Labute approximate surface area is 102 Å². The molecule has 0 bridgehead atoms. The Morgan fingerprint density at radius 2 is 2.24 bits per heavy atom. The molecule has 0 saturated heterocycles. The SMILES string of the molecule is C[C@@H]1C[C@@H]2OC(=O)CCC/C=C\C[C@@H]2[C@H]1C=O. The monoisotopic (exact) mass is 236 g/mol. The van der Waals surface area contributed by atoms with Crippen molar-refractivity contribution in [2.75, 3.05) is 0 Å². The number of carbonyl (C=O) groups is 2. The summed E-state index contributed by atoms with van der Waals surface area (Å²) in [5.74, 6) is 0.441.